The van der Waals surface area contributed by atoms with E-state index in [0.29, 0.717) is 12.2 Å². The predicted molar refractivity (Wildman–Crippen MR) is 120 cm³/mol. The molecule has 0 saturated carbocycles. The molecule has 0 saturated heterocycles. The molecule has 29 heavy (non-hydrogen) atoms. The average Bonchev–Trinajstić information content (AvgIpc) is 2.79. The van der Waals surface area contributed by atoms with Gasteiger partial charge in [-0.15, -0.1) is 0 Å². The average molecular weight is 376 g/mol. The van der Waals surface area contributed by atoms with Crippen LogP contribution in [0.25, 0.3) is 43.4 Å². The van der Waals surface area contributed by atoms with Gasteiger partial charge in [0.15, 0.2) is 0 Å². The van der Waals surface area contributed by atoms with Crippen LogP contribution < -0.4 is 0 Å². The molecule has 0 bridgehead atoms. The Morgan fingerprint density at radius 1 is 0.655 bits per heavy atom. The maximum atomic E-state index is 12.9. The smallest absolute Gasteiger partial charge is 0.338 e. The van der Waals surface area contributed by atoms with Gasteiger partial charge in [0, 0.05) is 0 Å². The Morgan fingerprint density at radius 2 is 1.14 bits per heavy atom. The molecule has 0 aliphatic carbocycles. The molecule has 0 amide bonds. The minimum absolute atomic E-state index is 0.287. The van der Waals surface area contributed by atoms with Gasteiger partial charge in [-0.25, -0.2) is 4.79 Å². The van der Waals surface area contributed by atoms with Gasteiger partial charge in [0.05, 0.1) is 12.2 Å². The minimum atomic E-state index is -0.287. The van der Waals surface area contributed by atoms with Crippen LogP contribution in [0.5, 0.6) is 0 Å². The van der Waals surface area contributed by atoms with E-state index in [0.717, 1.165) is 27.3 Å². The first-order valence-electron chi connectivity index (χ1n) is 9.87. The van der Waals surface area contributed by atoms with Crippen molar-refractivity contribution in [1.29, 1.82) is 0 Å². The molecule has 2 heteroatoms. The Morgan fingerprint density at radius 3 is 1.69 bits per heavy atom. The van der Waals surface area contributed by atoms with E-state index in [2.05, 4.69) is 48.5 Å². The van der Waals surface area contributed by atoms with Crippen LogP contribution in [0.15, 0.2) is 91.0 Å². The fourth-order valence-electron chi connectivity index (χ4n) is 4.19. The van der Waals surface area contributed by atoms with Gasteiger partial charge in [0.25, 0.3) is 0 Å². The van der Waals surface area contributed by atoms with E-state index in [1.165, 1.54) is 16.2 Å². The van der Waals surface area contributed by atoms with Crippen molar-refractivity contribution >= 4 is 38.3 Å². The van der Waals surface area contributed by atoms with Crippen LogP contribution >= 0.6 is 0 Å². The van der Waals surface area contributed by atoms with Crippen molar-refractivity contribution in [1.82, 2.24) is 0 Å². The zero-order valence-electron chi connectivity index (χ0n) is 16.2. The first kappa shape index (κ1) is 17.4. The summed E-state index contributed by atoms with van der Waals surface area (Å²) in [5, 5.41) is 6.96. The fourth-order valence-corrected chi connectivity index (χ4v) is 4.19. The molecule has 2 nitrogen and oxygen atoms in total. The third kappa shape index (κ3) is 2.85. The van der Waals surface area contributed by atoms with Crippen molar-refractivity contribution in [3.8, 4) is 11.1 Å². The standard InChI is InChI=1S/C27H20O2/c1-2-29-27(28)26-17-25-22-15-9-7-13-20(22)19-12-6-8-14-21(19)24(25)16-23(26)18-10-4-3-5-11-18/h3-17H,2H2,1H3. The molecule has 0 heterocycles. The highest BCUT2D eigenvalue weighted by molar-refractivity contribution is 6.26. The number of fused-ring (bicyclic) bond motifs is 6. The fraction of sp³-hybridized carbons (Fsp3) is 0.0741. The molecule has 0 fully saturated rings. The second kappa shape index (κ2) is 7.06. The second-order valence-corrected chi connectivity index (χ2v) is 7.12. The Balaban J connectivity index is 1.97. The van der Waals surface area contributed by atoms with Crippen LogP contribution in [0, 0.1) is 0 Å². The van der Waals surface area contributed by atoms with Gasteiger partial charge in [-0.05, 0) is 62.5 Å². The largest absolute Gasteiger partial charge is 0.462 e. The molecule has 0 radical (unpaired) electrons. The number of rotatable bonds is 3. The van der Waals surface area contributed by atoms with Gasteiger partial charge >= 0.3 is 5.97 Å². The second-order valence-electron chi connectivity index (χ2n) is 7.12. The molecule has 0 atom stereocenters. The van der Waals surface area contributed by atoms with E-state index in [1.54, 1.807) is 0 Å². The van der Waals surface area contributed by atoms with E-state index in [9.17, 15) is 4.79 Å². The van der Waals surface area contributed by atoms with Gasteiger partial charge in [-0.2, -0.15) is 0 Å². The Kier molecular flexibility index (Phi) is 4.25. The molecule has 5 aromatic rings. The van der Waals surface area contributed by atoms with Crippen molar-refractivity contribution in [3.05, 3.63) is 96.6 Å². The highest BCUT2D eigenvalue weighted by Gasteiger charge is 2.18. The van der Waals surface area contributed by atoms with Gasteiger partial charge in [-0.1, -0.05) is 78.9 Å². The van der Waals surface area contributed by atoms with E-state index in [1.807, 2.05) is 49.4 Å². The summed E-state index contributed by atoms with van der Waals surface area (Å²) in [6, 6.07) is 31.0. The number of esters is 1. The monoisotopic (exact) mass is 376 g/mol. The Bertz CT molecular complexity index is 1370. The summed E-state index contributed by atoms with van der Waals surface area (Å²) in [5.74, 6) is -0.287. The summed E-state index contributed by atoms with van der Waals surface area (Å²) in [5.41, 5.74) is 2.51. The first-order valence-corrected chi connectivity index (χ1v) is 9.87. The quantitative estimate of drug-likeness (QED) is 0.250. The number of benzene rings is 5. The van der Waals surface area contributed by atoms with Crippen molar-refractivity contribution in [2.24, 2.45) is 0 Å². The Hall–Kier alpha value is -3.65. The summed E-state index contributed by atoms with van der Waals surface area (Å²) < 4.78 is 5.40. The van der Waals surface area contributed by atoms with Gasteiger partial charge in [0.2, 0.25) is 0 Å². The third-order valence-electron chi connectivity index (χ3n) is 5.46. The van der Waals surface area contributed by atoms with Crippen molar-refractivity contribution in [2.45, 2.75) is 6.92 Å². The normalized spacial score (nSPS) is 11.2. The molecule has 0 aliphatic heterocycles. The molecule has 0 N–H and O–H groups in total. The maximum absolute atomic E-state index is 12.9. The number of hydrogen-bond acceptors (Lipinski definition) is 2. The lowest BCUT2D eigenvalue weighted by Crippen LogP contribution is -2.06. The highest BCUT2D eigenvalue weighted by Crippen LogP contribution is 2.38. The van der Waals surface area contributed by atoms with Crippen LogP contribution in [-0.4, -0.2) is 12.6 Å². The van der Waals surface area contributed by atoms with E-state index >= 15 is 0 Å². The maximum Gasteiger partial charge on any atom is 0.338 e. The summed E-state index contributed by atoms with van der Waals surface area (Å²) in [6.45, 7) is 2.19. The zero-order valence-corrected chi connectivity index (χ0v) is 16.2. The van der Waals surface area contributed by atoms with Crippen LogP contribution in [0.1, 0.15) is 17.3 Å². The molecule has 0 spiro atoms. The van der Waals surface area contributed by atoms with E-state index in [4.69, 9.17) is 4.74 Å². The molecule has 5 aromatic carbocycles. The third-order valence-corrected chi connectivity index (χ3v) is 5.46. The highest BCUT2D eigenvalue weighted by atomic mass is 16.5. The molecular weight excluding hydrogens is 356 g/mol. The lowest BCUT2D eigenvalue weighted by Gasteiger charge is -2.15. The predicted octanol–water partition coefficient (Wildman–Crippen LogP) is 6.99. The molecule has 0 aliphatic rings. The van der Waals surface area contributed by atoms with Gasteiger partial charge in [-0.3, -0.25) is 0 Å². The van der Waals surface area contributed by atoms with Crippen molar-refractivity contribution < 1.29 is 9.53 Å². The number of carbonyl (C=O) groups excluding carboxylic acids is 1. The zero-order chi connectivity index (χ0) is 19.8. The SMILES string of the molecule is CCOC(=O)c1cc2c3ccccc3c3ccccc3c2cc1-c1ccccc1. The minimum Gasteiger partial charge on any atom is -0.462 e. The number of carbonyl (C=O) groups is 1. The summed E-state index contributed by atoms with van der Waals surface area (Å²) in [6.07, 6.45) is 0. The molecule has 0 aromatic heterocycles. The van der Waals surface area contributed by atoms with Crippen LogP contribution in [-0.2, 0) is 4.74 Å². The lowest BCUT2D eigenvalue weighted by atomic mass is 9.89. The van der Waals surface area contributed by atoms with Crippen LogP contribution in [0.3, 0.4) is 0 Å². The topological polar surface area (TPSA) is 26.3 Å². The van der Waals surface area contributed by atoms with E-state index < -0.39 is 0 Å². The summed E-state index contributed by atoms with van der Waals surface area (Å²) in [4.78, 5) is 12.9. The Labute approximate surface area is 169 Å². The van der Waals surface area contributed by atoms with Crippen molar-refractivity contribution in [2.75, 3.05) is 6.61 Å². The summed E-state index contributed by atoms with van der Waals surface area (Å²) >= 11 is 0. The van der Waals surface area contributed by atoms with Gasteiger partial charge < -0.3 is 4.74 Å². The molecule has 140 valence electrons. The summed E-state index contributed by atoms with van der Waals surface area (Å²) in [7, 11) is 0. The van der Waals surface area contributed by atoms with Crippen LogP contribution in [0.2, 0.25) is 0 Å². The van der Waals surface area contributed by atoms with E-state index in [-0.39, 0.29) is 5.97 Å². The number of hydrogen-bond donors (Lipinski definition) is 0. The molecular formula is C27H20O2. The molecule has 0 unspecified atom stereocenters. The molecule has 5 rings (SSSR count). The first-order chi connectivity index (χ1) is 14.3. The van der Waals surface area contributed by atoms with Crippen LogP contribution in [0.4, 0.5) is 0 Å². The lowest BCUT2D eigenvalue weighted by molar-refractivity contribution is 0.0527. The van der Waals surface area contributed by atoms with Crippen molar-refractivity contribution in [3.63, 3.8) is 0 Å². The van der Waals surface area contributed by atoms with Gasteiger partial charge in [0.1, 0.15) is 0 Å². The number of ether oxygens (including phenoxy) is 1.